The second-order valence-electron chi connectivity index (χ2n) is 7.30. The van der Waals surface area contributed by atoms with Crippen molar-refractivity contribution in [1.82, 2.24) is 5.48 Å². The molecule has 2 heterocycles. The van der Waals surface area contributed by atoms with Crippen LogP contribution in [-0.4, -0.2) is 45.2 Å². The SMILES string of the molecule is O=C(CC1(S(=O)(=O)Cc2ccc(F)cc2)CCOCC1)NOC1CCCCO1. The predicted octanol–water partition coefficient (Wildman–Crippen LogP) is 2.25. The molecule has 2 fully saturated rings. The minimum absolute atomic E-state index is 0.216. The van der Waals surface area contributed by atoms with Gasteiger partial charge in [-0.2, -0.15) is 0 Å². The Kier molecular flexibility index (Phi) is 7.03. The molecule has 1 unspecified atom stereocenters. The van der Waals surface area contributed by atoms with Crippen LogP contribution in [0.5, 0.6) is 0 Å². The lowest BCUT2D eigenvalue weighted by molar-refractivity contribution is -0.200. The first-order valence-corrected chi connectivity index (χ1v) is 11.2. The third-order valence-corrected chi connectivity index (χ3v) is 7.84. The van der Waals surface area contributed by atoms with Crippen LogP contribution < -0.4 is 5.48 Å². The number of hydrogen-bond donors (Lipinski definition) is 1. The van der Waals surface area contributed by atoms with Gasteiger partial charge in [0, 0.05) is 32.7 Å². The van der Waals surface area contributed by atoms with Crippen LogP contribution in [0.2, 0.25) is 0 Å². The van der Waals surface area contributed by atoms with E-state index in [1.165, 1.54) is 24.3 Å². The van der Waals surface area contributed by atoms with Crippen molar-refractivity contribution >= 4 is 15.7 Å². The van der Waals surface area contributed by atoms with Crippen molar-refractivity contribution in [1.29, 1.82) is 0 Å². The Balaban J connectivity index is 1.68. The number of sulfone groups is 1. The molecule has 1 aromatic carbocycles. The van der Waals surface area contributed by atoms with Crippen LogP contribution >= 0.6 is 0 Å². The van der Waals surface area contributed by atoms with Crippen molar-refractivity contribution in [3.05, 3.63) is 35.6 Å². The number of carbonyl (C=O) groups is 1. The molecule has 28 heavy (non-hydrogen) atoms. The maximum absolute atomic E-state index is 13.2. The van der Waals surface area contributed by atoms with Gasteiger partial charge in [-0.1, -0.05) is 12.1 Å². The number of halogens is 1. The van der Waals surface area contributed by atoms with Crippen molar-refractivity contribution in [3.8, 4) is 0 Å². The van der Waals surface area contributed by atoms with Gasteiger partial charge in [0.15, 0.2) is 16.1 Å². The zero-order chi connectivity index (χ0) is 20.0. The molecule has 1 atom stereocenters. The van der Waals surface area contributed by atoms with E-state index in [2.05, 4.69) is 5.48 Å². The van der Waals surface area contributed by atoms with Crippen LogP contribution in [0, 0.1) is 5.82 Å². The molecule has 1 N–H and O–H groups in total. The lowest BCUT2D eigenvalue weighted by atomic mass is 9.95. The third kappa shape index (κ3) is 5.28. The zero-order valence-electron chi connectivity index (χ0n) is 15.7. The number of amides is 1. The quantitative estimate of drug-likeness (QED) is 0.687. The smallest absolute Gasteiger partial charge is 0.245 e. The van der Waals surface area contributed by atoms with E-state index < -0.39 is 32.6 Å². The van der Waals surface area contributed by atoms with Gasteiger partial charge < -0.3 is 9.47 Å². The summed E-state index contributed by atoms with van der Waals surface area (Å²) in [6.45, 7) is 1.11. The standard InChI is InChI=1S/C19H26FNO6S/c20-16-6-4-15(5-7-16)14-28(23,24)19(8-11-25-12-9-19)13-17(22)21-27-18-3-1-2-10-26-18/h4-7,18H,1-3,8-14H2,(H,21,22). The van der Waals surface area contributed by atoms with Gasteiger partial charge in [0.1, 0.15) is 5.82 Å². The Hall–Kier alpha value is -1.55. The summed E-state index contributed by atoms with van der Waals surface area (Å²) >= 11 is 0. The highest BCUT2D eigenvalue weighted by Gasteiger charge is 2.46. The Labute approximate surface area is 164 Å². The number of hydrogen-bond acceptors (Lipinski definition) is 6. The van der Waals surface area contributed by atoms with Crippen molar-refractivity contribution in [2.45, 2.75) is 55.3 Å². The van der Waals surface area contributed by atoms with Crippen LogP contribution in [-0.2, 0) is 34.7 Å². The minimum Gasteiger partial charge on any atom is -0.381 e. The predicted molar refractivity (Wildman–Crippen MR) is 99.2 cm³/mol. The van der Waals surface area contributed by atoms with Crippen LogP contribution in [0.4, 0.5) is 4.39 Å². The molecule has 0 aromatic heterocycles. The number of hydroxylamine groups is 1. The molecule has 0 bridgehead atoms. The van der Waals surface area contributed by atoms with Gasteiger partial charge in [-0.25, -0.2) is 23.1 Å². The molecule has 2 aliphatic heterocycles. The first-order valence-electron chi connectivity index (χ1n) is 9.51. The number of ether oxygens (including phenoxy) is 2. The van der Waals surface area contributed by atoms with Gasteiger partial charge >= 0.3 is 0 Å². The molecule has 0 aliphatic carbocycles. The zero-order valence-corrected chi connectivity index (χ0v) is 16.5. The fourth-order valence-electron chi connectivity index (χ4n) is 3.56. The summed E-state index contributed by atoms with van der Waals surface area (Å²) < 4.78 is 49.0. The van der Waals surface area contributed by atoms with E-state index in [0.29, 0.717) is 18.6 Å². The van der Waals surface area contributed by atoms with Gasteiger partial charge in [0.2, 0.25) is 5.91 Å². The number of carbonyl (C=O) groups excluding carboxylic acids is 1. The van der Waals surface area contributed by atoms with Gasteiger partial charge in [-0.05, 0) is 43.4 Å². The second kappa shape index (κ2) is 9.30. The lowest BCUT2D eigenvalue weighted by Crippen LogP contribution is -2.48. The normalized spacial score (nSPS) is 22.5. The van der Waals surface area contributed by atoms with E-state index in [9.17, 15) is 17.6 Å². The summed E-state index contributed by atoms with van der Waals surface area (Å²) in [4.78, 5) is 17.7. The molecule has 2 aliphatic rings. The van der Waals surface area contributed by atoms with Crippen LogP contribution in [0.15, 0.2) is 24.3 Å². The van der Waals surface area contributed by atoms with Crippen molar-refractivity contribution in [2.75, 3.05) is 19.8 Å². The van der Waals surface area contributed by atoms with E-state index in [-0.39, 0.29) is 38.2 Å². The third-order valence-electron chi connectivity index (χ3n) is 5.26. The van der Waals surface area contributed by atoms with E-state index >= 15 is 0 Å². The highest BCUT2D eigenvalue weighted by atomic mass is 32.2. The Morgan fingerprint density at radius 3 is 2.54 bits per heavy atom. The summed E-state index contributed by atoms with van der Waals surface area (Å²) in [5.41, 5.74) is 2.83. The maximum atomic E-state index is 13.2. The first-order chi connectivity index (χ1) is 13.4. The van der Waals surface area contributed by atoms with E-state index in [4.69, 9.17) is 14.3 Å². The Bertz CT molecular complexity index is 755. The van der Waals surface area contributed by atoms with Crippen molar-refractivity contribution in [2.24, 2.45) is 0 Å². The highest BCUT2D eigenvalue weighted by molar-refractivity contribution is 7.92. The first kappa shape index (κ1) is 21.2. The van der Waals surface area contributed by atoms with Gasteiger partial charge in [0.25, 0.3) is 0 Å². The summed E-state index contributed by atoms with van der Waals surface area (Å²) in [5.74, 6) is -1.19. The van der Waals surface area contributed by atoms with Gasteiger partial charge in [-0.15, -0.1) is 0 Å². The Morgan fingerprint density at radius 1 is 1.18 bits per heavy atom. The molecule has 156 valence electrons. The molecule has 3 rings (SSSR count). The second-order valence-corrected chi connectivity index (χ2v) is 9.68. The number of nitrogens with one attached hydrogen (secondary N) is 1. The molecule has 1 aromatic rings. The fourth-order valence-corrected chi connectivity index (χ4v) is 5.64. The van der Waals surface area contributed by atoms with Crippen molar-refractivity contribution < 1.29 is 31.9 Å². The summed E-state index contributed by atoms with van der Waals surface area (Å²) in [6.07, 6.45) is 2.33. The van der Waals surface area contributed by atoms with E-state index in [0.717, 1.165) is 12.8 Å². The molecule has 2 saturated heterocycles. The average Bonchev–Trinajstić information content (AvgIpc) is 2.69. The Morgan fingerprint density at radius 2 is 1.89 bits per heavy atom. The van der Waals surface area contributed by atoms with E-state index in [1.54, 1.807) is 0 Å². The molecular weight excluding hydrogens is 389 g/mol. The topological polar surface area (TPSA) is 90.9 Å². The van der Waals surface area contributed by atoms with Gasteiger partial charge in [0.05, 0.1) is 10.5 Å². The van der Waals surface area contributed by atoms with Gasteiger partial charge in [-0.3, -0.25) is 4.79 Å². The number of benzene rings is 1. The highest BCUT2D eigenvalue weighted by Crippen LogP contribution is 2.35. The van der Waals surface area contributed by atoms with Crippen LogP contribution in [0.3, 0.4) is 0 Å². The fraction of sp³-hybridized carbons (Fsp3) is 0.632. The maximum Gasteiger partial charge on any atom is 0.245 e. The molecule has 0 radical (unpaired) electrons. The molecule has 0 saturated carbocycles. The largest absolute Gasteiger partial charge is 0.381 e. The van der Waals surface area contributed by atoms with Crippen molar-refractivity contribution in [3.63, 3.8) is 0 Å². The molecule has 1 amide bonds. The molecule has 9 heteroatoms. The number of rotatable bonds is 7. The summed E-state index contributed by atoms with van der Waals surface area (Å²) in [6, 6.07) is 5.35. The monoisotopic (exact) mass is 415 g/mol. The molecule has 7 nitrogen and oxygen atoms in total. The minimum atomic E-state index is -3.70. The van der Waals surface area contributed by atoms with E-state index in [1.807, 2.05) is 0 Å². The summed E-state index contributed by atoms with van der Waals surface area (Å²) in [5, 5.41) is 0. The average molecular weight is 415 g/mol. The lowest BCUT2D eigenvalue weighted by Gasteiger charge is -2.36. The molecular formula is C19H26FNO6S. The van der Waals surface area contributed by atoms with Crippen LogP contribution in [0.25, 0.3) is 0 Å². The molecule has 0 spiro atoms. The summed E-state index contributed by atoms with van der Waals surface area (Å²) in [7, 11) is -3.70. The van der Waals surface area contributed by atoms with Crippen LogP contribution in [0.1, 0.15) is 44.1 Å².